The number of rotatable bonds is 8. The summed E-state index contributed by atoms with van der Waals surface area (Å²) in [6.45, 7) is -0.00525. The first-order valence-electron chi connectivity index (χ1n) is 9.62. The molecule has 4 rings (SSSR count). The highest BCUT2D eigenvalue weighted by Gasteiger charge is 2.16. The molecule has 2 aromatic heterocycles. The van der Waals surface area contributed by atoms with E-state index in [2.05, 4.69) is 10.4 Å². The Kier molecular flexibility index (Phi) is 6.36. The third kappa shape index (κ3) is 5.18. The summed E-state index contributed by atoms with van der Waals surface area (Å²) in [4.78, 5) is 23.0. The molecule has 2 aromatic carbocycles. The largest absolute Gasteiger partial charge is 0.479 e. The Morgan fingerprint density at radius 3 is 2.82 bits per heavy atom. The van der Waals surface area contributed by atoms with Crippen molar-refractivity contribution >= 4 is 28.9 Å². The molecular formula is C22H16ClFN4O5. The molecule has 0 bridgehead atoms. The van der Waals surface area contributed by atoms with Crippen molar-refractivity contribution in [2.75, 3.05) is 5.32 Å². The van der Waals surface area contributed by atoms with Gasteiger partial charge in [-0.1, -0.05) is 29.8 Å². The smallest absolute Gasteiger partial charge is 0.310 e. The quantitative estimate of drug-likeness (QED) is 0.284. The maximum absolute atomic E-state index is 14.0. The summed E-state index contributed by atoms with van der Waals surface area (Å²) in [5.74, 6) is -0.568. The molecule has 33 heavy (non-hydrogen) atoms. The summed E-state index contributed by atoms with van der Waals surface area (Å²) in [5, 5.41) is 18.1. The molecule has 0 radical (unpaired) electrons. The second kappa shape index (κ2) is 9.53. The standard InChI is InChI=1S/C22H16ClFN4O5/c23-17-4-3-5-18(24)16(17)12-27-11-14(10-25-27)26-22(29)21-9-8-15(33-21)13-32-20-7-2-1-6-19(20)28(30)31/h1-11H,12-13H2,(H,26,29). The first kappa shape index (κ1) is 22.0. The molecule has 168 valence electrons. The summed E-state index contributed by atoms with van der Waals surface area (Å²) in [5.41, 5.74) is 0.492. The van der Waals surface area contributed by atoms with Crippen LogP contribution in [-0.2, 0) is 13.2 Å². The Balaban J connectivity index is 1.37. The van der Waals surface area contributed by atoms with Crippen LogP contribution in [0.1, 0.15) is 21.9 Å². The number of nitro benzene ring substituents is 1. The Bertz CT molecular complexity index is 1300. The molecule has 4 aromatic rings. The van der Waals surface area contributed by atoms with Crippen LogP contribution in [0.4, 0.5) is 15.8 Å². The van der Waals surface area contributed by atoms with Gasteiger partial charge in [-0.15, -0.1) is 0 Å². The van der Waals surface area contributed by atoms with E-state index in [1.54, 1.807) is 12.1 Å². The minimum absolute atomic E-state index is 0.0149. The van der Waals surface area contributed by atoms with Crippen molar-refractivity contribution in [2.24, 2.45) is 0 Å². The zero-order valence-corrected chi connectivity index (χ0v) is 17.7. The zero-order valence-electron chi connectivity index (χ0n) is 16.9. The lowest BCUT2D eigenvalue weighted by Gasteiger charge is -2.05. The van der Waals surface area contributed by atoms with Gasteiger partial charge in [0.15, 0.2) is 11.5 Å². The maximum atomic E-state index is 14.0. The van der Waals surface area contributed by atoms with Crippen molar-refractivity contribution in [3.05, 3.63) is 105 Å². The van der Waals surface area contributed by atoms with E-state index >= 15 is 0 Å². The molecule has 1 N–H and O–H groups in total. The molecule has 0 aliphatic rings. The van der Waals surface area contributed by atoms with Gasteiger partial charge in [0.1, 0.15) is 18.2 Å². The average molecular weight is 471 g/mol. The Morgan fingerprint density at radius 2 is 2.03 bits per heavy atom. The fourth-order valence-electron chi connectivity index (χ4n) is 3.01. The number of carbonyl (C=O) groups excluding carboxylic acids is 1. The number of aromatic nitrogens is 2. The van der Waals surface area contributed by atoms with Crippen LogP contribution in [0.2, 0.25) is 5.02 Å². The van der Waals surface area contributed by atoms with E-state index in [0.717, 1.165) is 0 Å². The number of carbonyl (C=O) groups is 1. The van der Waals surface area contributed by atoms with Crippen molar-refractivity contribution in [2.45, 2.75) is 13.2 Å². The number of benzene rings is 2. The minimum atomic E-state index is -0.545. The minimum Gasteiger partial charge on any atom is -0.479 e. The molecule has 9 nitrogen and oxygen atoms in total. The number of amides is 1. The van der Waals surface area contributed by atoms with Crippen LogP contribution in [0, 0.1) is 15.9 Å². The van der Waals surface area contributed by atoms with Gasteiger partial charge in [-0.3, -0.25) is 19.6 Å². The van der Waals surface area contributed by atoms with E-state index in [-0.39, 0.29) is 40.9 Å². The Labute approximate surface area is 191 Å². The molecule has 0 unspecified atom stereocenters. The van der Waals surface area contributed by atoms with E-state index in [4.69, 9.17) is 20.8 Å². The van der Waals surface area contributed by atoms with Gasteiger partial charge in [0.05, 0.1) is 23.4 Å². The summed E-state index contributed by atoms with van der Waals surface area (Å²) in [6, 6.07) is 13.3. The fourth-order valence-corrected chi connectivity index (χ4v) is 3.23. The second-order valence-electron chi connectivity index (χ2n) is 6.86. The van der Waals surface area contributed by atoms with E-state index in [1.165, 1.54) is 59.5 Å². The highest BCUT2D eigenvalue weighted by molar-refractivity contribution is 6.31. The van der Waals surface area contributed by atoms with E-state index < -0.39 is 16.6 Å². The number of para-hydroxylation sites is 2. The fraction of sp³-hybridized carbons (Fsp3) is 0.0909. The number of nitro groups is 1. The number of nitrogens with zero attached hydrogens (tertiary/aromatic N) is 3. The summed E-state index contributed by atoms with van der Waals surface area (Å²) < 4.78 is 26.3. The molecule has 0 spiro atoms. The van der Waals surface area contributed by atoms with Gasteiger partial charge >= 0.3 is 5.69 Å². The number of hydrogen-bond donors (Lipinski definition) is 1. The SMILES string of the molecule is O=C(Nc1cnn(Cc2c(F)cccc2Cl)c1)c1ccc(COc2ccccc2[N+](=O)[O-])o1. The van der Waals surface area contributed by atoms with Crippen LogP contribution in [0.25, 0.3) is 0 Å². The van der Waals surface area contributed by atoms with Gasteiger partial charge in [0, 0.05) is 22.8 Å². The summed E-state index contributed by atoms with van der Waals surface area (Å²) >= 11 is 6.03. The highest BCUT2D eigenvalue weighted by Crippen LogP contribution is 2.27. The summed E-state index contributed by atoms with van der Waals surface area (Å²) in [6.07, 6.45) is 2.94. The maximum Gasteiger partial charge on any atom is 0.310 e. The first-order chi connectivity index (χ1) is 15.9. The summed E-state index contributed by atoms with van der Waals surface area (Å²) in [7, 11) is 0. The number of furan rings is 1. The van der Waals surface area contributed by atoms with E-state index in [1.807, 2.05) is 0 Å². The number of ether oxygens (including phenoxy) is 1. The first-order valence-corrected chi connectivity index (χ1v) is 10.00. The topological polar surface area (TPSA) is 112 Å². The number of hydrogen-bond acceptors (Lipinski definition) is 6. The van der Waals surface area contributed by atoms with Gasteiger partial charge in [-0.05, 0) is 30.3 Å². The highest BCUT2D eigenvalue weighted by atomic mass is 35.5. The number of nitrogens with one attached hydrogen (secondary N) is 1. The lowest BCUT2D eigenvalue weighted by Crippen LogP contribution is -2.10. The average Bonchev–Trinajstić information content (AvgIpc) is 3.45. The van der Waals surface area contributed by atoms with Crippen molar-refractivity contribution in [3.8, 4) is 5.75 Å². The Morgan fingerprint density at radius 1 is 1.21 bits per heavy atom. The predicted molar refractivity (Wildman–Crippen MR) is 117 cm³/mol. The van der Waals surface area contributed by atoms with Crippen LogP contribution in [-0.4, -0.2) is 20.6 Å². The lowest BCUT2D eigenvalue weighted by atomic mass is 10.2. The van der Waals surface area contributed by atoms with Crippen LogP contribution in [0.3, 0.4) is 0 Å². The Hall–Kier alpha value is -4.18. The molecule has 0 atom stereocenters. The van der Waals surface area contributed by atoms with Crippen LogP contribution >= 0.6 is 11.6 Å². The lowest BCUT2D eigenvalue weighted by molar-refractivity contribution is -0.386. The number of anilines is 1. The molecule has 0 aliphatic heterocycles. The van der Waals surface area contributed by atoms with Crippen LogP contribution in [0.15, 0.2) is 71.4 Å². The van der Waals surface area contributed by atoms with Gasteiger partial charge in [-0.25, -0.2) is 4.39 Å². The van der Waals surface area contributed by atoms with E-state index in [9.17, 15) is 19.3 Å². The molecule has 1 amide bonds. The van der Waals surface area contributed by atoms with Crippen LogP contribution in [0.5, 0.6) is 5.75 Å². The monoisotopic (exact) mass is 470 g/mol. The molecular weight excluding hydrogens is 455 g/mol. The molecule has 2 heterocycles. The zero-order chi connectivity index (χ0) is 23.4. The van der Waals surface area contributed by atoms with Gasteiger partial charge in [0.25, 0.3) is 5.91 Å². The predicted octanol–water partition coefficient (Wildman–Crippen LogP) is 5.06. The molecule has 0 saturated carbocycles. The molecule has 0 saturated heterocycles. The van der Waals surface area contributed by atoms with Gasteiger partial charge < -0.3 is 14.5 Å². The third-order valence-electron chi connectivity index (χ3n) is 4.59. The van der Waals surface area contributed by atoms with Crippen molar-refractivity contribution in [1.82, 2.24) is 9.78 Å². The number of halogens is 2. The molecule has 0 aliphatic carbocycles. The normalized spacial score (nSPS) is 10.7. The van der Waals surface area contributed by atoms with Crippen LogP contribution < -0.4 is 10.1 Å². The van der Waals surface area contributed by atoms with Crippen molar-refractivity contribution in [1.29, 1.82) is 0 Å². The molecule has 0 fully saturated rings. The third-order valence-corrected chi connectivity index (χ3v) is 4.94. The van der Waals surface area contributed by atoms with Crippen molar-refractivity contribution in [3.63, 3.8) is 0 Å². The second-order valence-corrected chi connectivity index (χ2v) is 7.27. The van der Waals surface area contributed by atoms with Gasteiger partial charge in [-0.2, -0.15) is 5.10 Å². The van der Waals surface area contributed by atoms with E-state index in [0.29, 0.717) is 11.4 Å². The van der Waals surface area contributed by atoms with Gasteiger partial charge in [0.2, 0.25) is 0 Å². The molecule has 11 heteroatoms. The van der Waals surface area contributed by atoms with Crippen molar-refractivity contribution < 1.29 is 23.3 Å².